The first-order chi connectivity index (χ1) is 8.43. The fourth-order valence-electron chi connectivity index (χ4n) is 2.32. The molecule has 5 heteroatoms. The molecule has 0 heterocycles. The number of rotatable bonds is 2. The van der Waals surface area contributed by atoms with E-state index in [1.54, 1.807) is 0 Å². The van der Waals surface area contributed by atoms with Crippen LogP contribution in [0, 0.1) is 8.99 Å². The zero-order valence-corrected chi connectivity index (χ0v) is 13.9. The van der Waals surface area contributed by atoms with Crippen molar-refractivity contribution in [3.8, 4) is 0 Å². The van der Waals surface area contributed by atoms with E-state index in [-0.39, 0.29) is 11.9 Å². The molecule has 0 aliphatic heterocycles. The third-order valence-electron chi connectivity index (χ3n) is 3.73. The van der Waals surface area contributed by atoms with Crippen LogP contribution < -0.4 is 11.1 Å². The summed E-state index contributed by atoms with van der Waals surface area (Å²) < 4.78 is 2.11. The summed E-state index contributed by atoms with van der Waals surface area (Å²) in [6.45, 7) is 1.96. The summed E-state index contributed by atoms with van der Waals surface area (Å²) in [5, 5.41) is 2.97. The normalized spacial score (nSPS) is 27.2. The van der Waals surface area contributed by atoms with Gasteiger partial charge in [0.25, 0.3) is 0 Å². The SMILES string of the molecule is CC1(C(=O)Nc2ccc(I)c(Br)c2)CCCC1N. The van der Waals surface area contributed by atoms with Crippen LogP contribution in [0.1, 0.15) is 26.2 Å². The summed E-state index contributed by atoms with van der Waals surface area (Å²) in [6, 6.07) is 5.76. The van der Waals surface area contributed by atoms with E-state index in [0.29, 0.717) is 0 Å². The second-order valence-corrected chi connectivity index (χ2v) is 7.02. The third-order valence-corrected chi connectivity index (χ3v) is 6.06. The number of amides is 1. The van der Waals surface area contributed by atoms with Crippen molar-refractivity contribution in [1.29, 1.82) is 0 Å². The van der Waals surface area contributed by atoms with E-state index in [1.807, 2.05) is 25.1 Å². The van der Waals surface area contributed by atoms with Crippen LogP contribution in [-0.4, -0.2) is 11.9 Å². The van der Waals surface area contributed by atoms with E-state index in [1.165, 1.54) is 0 Å². The molecule has 3 N–H and O–H groups in total. The summed E-state index contributed by atoms with van der Waals surface area (Å²) in [6.07, 6.45) is 2.83. The minimum Gasteiger partial charge on any atom is -0.327 e. The molecule has 2 rings (SSSR count). The van der Waals surface area contributed by atoms with E-state index >= 15 is 0 Å². The van der Waals surface area contributed by atoms with Gasteiger partial charge in [-0.1, -0.05) is 6.42 Å². The fraction of sp³-hybridized carbons (Fsp3) is 0.462. The quantitative estimate of drug-likeness (QED) is 0.716. The van der Waals surface area contributed by atoms with Gasteiger partial charge < -0.3 is 11.1 Å². The predicted octanol–water partition coefficient (Wildman–Crippen LogP) is 3.51. The summed E-state index contributed by atoms with van der Waals surface area (Å²) >= 11 is 5.70. The van der Waals surface area contributed by atoms with Crippen molar-refractivity contribution < 1.29 is 4.79 Å². The lowest BCUT2D eigenvalue weighted by Crippen LogP contribution is -2.44. The first kappa shape index (κ1) is 14.3. The molecule has 3 nitrogen and oxygen atoms in total. The molecular weight excluding hydrogens is 407 g/mol. The van der Waals surface area contributed by atoms with Crippen molar-refractivity contribution in [2.24, 2.45) is 11.1 Å². The summed E-state index contributed by atoms with van der Waals surface area (Å²) in [4.78, 5) is 12.3. The molecule has 2 atom stereocenters. The maximum atomic E-state index is 12.3. The van der Waals surface area contributed by atoms with E-state index in [4.69, 9.17) is 5.73 Å². The predicted molar refractivity (Wildman–Crippen MR) is 85.4 cm³/mol. The van der Waals surface area contributed by atoms with Crippen molar-refractivity contribution >= 4 is 50.1 Å². The second kappa shape index (κ2) is 5.46. The molecule has 2 unspecified atom stereocenters. The number of hydrogen-bond donors (Lipinski definition) is 2. The Kier molecular flexibility index (Phi) is 4.33. The number of anilines is 1. The van der Waals surface area contributed by atoms with Crippen molar-refractivity contribution in [3.05, 3.63) is 26.2 Å². The zero-order chi connectivity index (χ0) is 13.3. The van der Waals surface area contributed by atoms with E-state index in [9.17, 15) is 4.79 Å². The minimum absolute atomic E-state index is 0.0283. The lowest BCUT2D eigenvalue weighted by atomic mass is 9.84. The number of halogens is 2. The molecule has 0 saturated heterocycles. The van der Waals surface area contributed by atoms with Gasteiger partial charge in [-0.2, -0.15) is 0 Å². The van der Waals surface area contributed by atoms with E-state index in [2.05, 4.69) is 43.8 Å². The van der Waals surface area contributed by atoms with Crippen LogP contribution in [0.2, 0.25) is 0 Å². The largest absolute Gasteiger partial charge is 0.327 e. The molecule has 1 fully saturated rings. The van der Waals surface area contributed by atoms with Gasteiger partial charge in [0.2, 0.25) is 5.91 Å². The zero-order valence-electron chi connectivity index (χ0n) is 10.2. The highest BCUT2D eigenvalue weighted by atomic mass is 127. The Morgan fingerprint density at radius 1 is 1.61 bits per heavy atom. The standard InChI is InChI=1S/C13H16BrIN2O/c1-13(6-2-3-11(13)16)12(18)17-8-4-5-10(15)9(14)7-8/h4-5,7,11H,2-3,6,16H2,1H3,(H,17,18). The van der Waals surface area contributed by atoms with Crippen molar-refractivity contribution in [3.63, 3.8) is 0 Å². The molecule has 1 aliphatic rings. The number of carbonyl (C=O) groups excluding carboxylic acids is 1. The Balaban J connectivity index is 2.14. The number of hydrogen-bond acceptors (Lipinski definition) is 2. The van der Waals surface area contributed by atoms with Crippen LogP contribution in [0.15, 0.2) is 22.7 Å². The van der Waals surface area contributed by atoms with Gasteiger partial charge in [-0.15, -0.1) is 0 Å². The average molecular weight is 423 g/mol. The molecule has 1 amide bonds. The maximum Gasteiger partial charge on any atom is 0.231 e. The summed E-state index contributed by atoms with van der Waals surface area (Å²) in [7, 11) is 0. The number of nitrogens with one attached hydrogen (secondary N) is 1. The van der Waals surface area contributed by atoms with Gasteiger partial charge >= 0.3 is 0 Å². The average Bonchev–Trinajstić information content (AvgIpc) is 2.66. The highest BCUT2D eigenvalue weighted by molar-refractivity contribution is 14.1. The summed E-state index contributed by atoms with van der Waals surface area (Å²) in [5.74, 6) is 0.0283. The van der Waals surface area contributed by atoms with Gasteiger partial charge in [-0.05, 0) is 76.5 Å². The Morgan fingerprint density at radius 3 is 2.89 bits per heavy atom. The molecule has 0 aromatic heterocycles. The van der Waals surface area contributed by atoms with Gasteiger partial charge in [0.05, 0.1) is 5.41 Å². The van der Waals surface area contributed by atoms with Crippen molar-refractivity contribution in [1.82, 2.24) is 0 Å². The monoisotopic (exact) mass is 422 g/mol. The topological polar surface area (TPSA) is 55.1 Å². The number of benzene rings is 1. The molecule has 1 aromatic rings. The van der Waals surface area contributed by atoms with E-state index in [0.717, 1.165) is 33.0 Å². The lowest BCUT2D eigenvalue weighted by molar-refractivity contribution is -0.125. The molecular formula is C13H16BrIN2O. The first-order valence-electron chi connectivity index (χ1n) is 5.95. The van der Waals surface area contributed by atoms with Gasteiger partial charge in [0.1, 0.15) is 0 Å². The first-order valence-corrected chi connectivity index (χ1v) is 7.83. The fourth-order valence-corrected chi connectivity index (χ4v) is 3.04. The van der Waals surface area contributed by atoms with Crippen LogP contribution in [0.25, 0.3) is 0 Å². The summed E-state index contributed by atoms with van der Waals surface area (Å²) in [5.41, 5.74) is 6.43. The molecule has 1 aromatic carbocycles. The molecule has 1 aliphatic carbocycles. The lowest BCUT2D eigenvalue weighted by Gasteiger charge is -2.27. The van der Waals surface area contributed by atoms with Crippen LogP contribution in [0.4, 0.5) is 5.69 Å². The highest BCUT2D eigenvalue weighted by Crippen LogP contribution is 2.37. The Bertz CT molecular complexity index is 480. The van der Waals surface area contributed by atoms with Crippen LogP contribution >= 0.6 is 38.5 Å². The van der Waals surface area contributed by atoms with Gasteiger partial charge in [-0.25, -0.2) is 0 Å². The van der Waals surface area contributed by atoms with Crippen molar-refractivity contribution in [2.45, 2.75) is 32.2 Å². The van der Waals surface area contributed by atoms with Gasteiger partial charge in [0, 0.05) is 19.8 Å². The van der Waals surface area contributed by atoms with Crippen LogP contribution in [-0.2, 0) is 4.79 Å². The molecule has 1 saturated carbocycles. The Labute approximate surface area is 129 Å². The van der Waals surface area contributed by atoms with E-state index < -0.39 is 5.41 Å². The molecule has 0 spiro atoms. The Hall–Kier alpha value is -0.140. The highest BCUT2D eigenvalue weighted by Gasteiger charge is 2.42. The Morgan fingerprint density at radius 2 is 2.33 bits per heavy atom. The molecule has 98 valence electrons. The van der Waals surface area contributed by atoms with Crippen LogP contribution in [0.3, 0.4) is 0 Å². The third kappa shape index (κ3) is 2.72. The second-order valence-electron chi connectivity index (χ2n) is 5.00. The smallest absolute Gasteiger partial charge is 0.231 e. The number of nitrogens with two attached hydrogens (primary N) is 1. The molecule has 0 radical (unpaired) electrons. The van der Waals surface area contributed by atoms with Crippen molar-refractivity contribution in [2.75, 3.05) is 5.32 Å². The number of carbonyl (C=O) groups is 1. The van der Waals surface area contributed by atoms with Gasteiger partial charge in [-0.3, -0.25) is 4.79 Å². The molecule has 0 bridgehead atoms. The molecule has 18 heavy (non-hydrogen) atoms. The van der Waals surface area contributed by atoms with Crippen LogP contribution in [0.5, 0.6) is 0 Å². The van der Waals surface area contributed by atoms with Gasteiger partial charge in [0.15, 0.2) is 0 Å². The minimum atomic E-state index is -0.435. The maximum absolute atomic E-state index is 12.3.